The average molecular weight is 411 g/mol. The van der Waals surface area contributed by atoms with Crippen LogP contribution < -0.4 is 4.57 Å². The van der Waals surface area contributed by atoms with Crippen LogP contribution in [0.25, 0.3) is 0 Å². The fourth-order valence-electron chi connectivity index (χ4n) is 3.95. The Morgan fingerprint density at radius 3 is 1.90 bits per heavy atom. The first-order chi connectivity index (χ1) is 14.1. The molecule has 0 spiro atoms. The molecular weight excluding hydrogens is 370 g/mol. The minimum absolute atomic E-state index is 0.418. The van der Waals surface area contributed by atoms with Crippen LogP contribution in [0.5, 0.6) is 0 Å². The van der Waals surface area contributed by atoms with Crippen LogP contribution in [0.15, 0.2) is 24.5 Å². The fraction of sp³-hybridized carbons (Fsp3) is 0.783. The maximum atomic E-state index is 10.2. The molecule has 1 aromatic heterocycles. The highest BCUT2D eigenvalue weighted by atomic mass is 16.6. The zero-order valence-electron chi connectivity index (χ0n) is 17.8. The molecule has 2 heterocycles. The van der Waals surface area contributed by atoms with Crippen molar-refractivity contribution in [3.63, 3.8) is 0 Å². The van der Waals surface area contributed by atoms with Gasteiger partial charge in [0.2, 0.25) is 0 Å². The van der Waals surface area contributed by atoms with Crippen LogP contribution >= 0.6 is 0 Å². The van der Waals surface area contributed by atoms with Crippen molar-refractivity contribution in [3.8, 4) is 0 Å². The molecule has 0 aliphatic carbocycles. The highest BCUT2D eigenvalue weighted by Crippen LogP contribution is 2.24. The van der Waals surface area contributed by atoms with Gasteiger partial charge in [-0.3, -0.25) is 0 Å². The van der Waals surface area contributed by atoms with Gasteiger partial charge in [-0.1, -0.05) is 64.7 Å². The maximum Gasteiger partial charge on any atom is 0.292 e. The van der Waals surface area contributed by atoms with Gasteiger partial charge < -0.3 is 25.2 Å². The Labute approximate surface area is 175 Å². The van der Waals surface area contributed by atoms with Crippen LogP contribution in [0.3, 0.4) is 0 Å². The van der Waals surface area contributed by atoms with Crippen LogP contribution in [-0.4, -0.2) is 51.4 Å². The van der Waals surface area contributed by atoms with Gasteiger partial charge in [0.25, 0.3) is 6.23 Å². The number of aliphatic hydroxyl groups excluding tert-OH is 4. The summed E-state index contributed by atoms with van der Waals surface area (Å²) in [5.41, 5.74) is 1.23. The van der Waals surface area contributed by atoms with Gasteiger partial charge in [0.05, 0.1) is 6.61 Å². The monoisotopic (exact) mass is 410 g/mol. The molecule has 0 saturated carbocycles. The van der Waals surface area contributed by atoms with Crippen LogP contribution in [0.4, 0.5) is 0 Å². The Hall–Kier alpha value is -1.05. The topological polar surface area (TPSA) is 94.0 Å². The molecule has 6 heteroatoms. The number of aliphatic hydroxyl groups is 4. The maximum absolute atomic E-state index is 10.2. The van der Waals surface area contributed by atoms with Gasteiger partial charge in [-0.25, -0.2) is 0 Å². The van der Waals surface area contributed by atoms with Gasteiger partial charge in [0.15, 0.2) is 18.5 Å². The standard InChI is InChI=1S/C23H40NO5/c1-2-3-4-5-6-7-8-9-10-11-12-18-13-15-24(16-14-18)23-22(28)21(27)20(26)19(17-25)29-23/h13-16,19-23,25-28H,2-12,17H2,1H3/q+1/t19-,20-,21+,22-,23-/m1/s1. The van der Waals surface area contributed by atoms with Crippen LogP contribution in [-0.2, 0) is 11.2 Å². The number of rotatable bonds is 13. The van der Waals surface area contributed by atoms with Gasteiger partial charge in [-0.15, -0.1) is 0 Å². The summed E-state index contributed by atoms with van der Waals surface area (Å²) >= 11 is 0. The average Bonchev–Trinajstić information content (AvgIpc) is 2.74. The summed E-state index contributed by atoms with van der Waals surface area (Å²) in [6.07, 6.45) is 12.2. The van der Waals surface area contributed by atoms with Crippen molar-refractivity contribution in [1.82, 2.24) is 0 Å². The lowest BCUT2D eigenvalue weighted by Gasteiger charge is -2.36. The number of unbranched alkanes of at least 4 members (excludes halogenated alkanes) is 9. The zero-order valence-corrected chi connectivity index (χ0v) is 17.8. The second kappa shape index (κ2) is 13.3. The number of aryl methyl sites for hydroxylation is 1. The van der Waals surface area contributed by atoms with Crippen molar-refractivity contribution in [2.24, 2.45) is 0 Å². The Bertz CT molecular complexity index is 551. The second-order valence-corrected chi connectivity index (χ2v) is 8.31. The Morgan fingerprint density at radius 2 is 1.34 bits per heavy atom. The molecule has 1 fully saturated rings. The van der Waals surface area contributed by atoms with E-state index in [2.05, 4.69) is 6.92 Å². The Kier molecular flexibility index (Phi) is 11.1. The molecule has 1 aromatic rings. The van der Waals surface area contributed by atoms with E-state index in [9.17, 15) is 20.4 Å². The predicted octanol–water partition coefficient (Wildman–Crippen LogP) is 2.41. The van der Waals surface area contributed by atoms with Crippen LogP contribution in [0.2, 0.25) is 0 Å². The number of pyridine rings is 1. The molecule has 29 heavy (non-hydrogen) atoms. The largest absolute Gasteiger partial charge is 0.394 e. The molecule has 1 aliphatic rings. The first-order valence-electron chi connectivity index (χ1n) is 11.4. The molecule has 6 nitrogen and oxygen atoms in total. The summed E-state index contributed by atoms with van der Waals surface area (Å²) in [7, 11) is 0. The van der Waals surface area contributed by atoms with E-state index >= 15 is 0 Å². The lowest BCUT2D eigenvalue weighted by molar-refractivity contribution is -0.778. The Morgan fingerprint density at radius 1 is 0.793 bits per heavy atom. The fourth-order valence-corrected chi connectivity index (χ4v) is 3.95. The quantitative estimate of drug-likeness (QED) is 0.296. The second-order valence-electron chi connectivity index (χ2n) is 8.31. The molecule has 1 aliphatic heterocycles. The van der Waals surface area contributed by atoms with Crippen molar-refractivity contribution in [1.29, 1.82) is 0 Å². The molecule has 4 N–H and O–H groups in total. The molecule has 2 rings (SSSR count). The predicted molar refractivity (Wildman–Crippen MR) is 111 cm³/mol. The first kappa shape index (κ1) is 24.2. The molecule has 0 radical (unpaired) electrons. The van der Waals surface area contributed by atoms with Crippen molar-refractivity contribution in [2.45, 2.75) is 108 Å². The third kappa shape index (κ3) is 7.61. The lowest BCUT2D eigenvalue weighted by Crippen LogP contribution is -2.62. The number of hydrogen-bond acceptors (Lipinski definition) is 5. The van der Waals surface area contributed by atoms with Gasteiger partial charge in [0, 0.05) is 12.1 Å². The SMILES string of the molecule is CCCCCCCCCCCCc1cc[n+]([C@@H]2O[C@H](CO)[C@@H](O)[C@H](O)[C@H]2O)cc1. The smallest absolute Gasteiger partial charge is 0.292 e. The van der Waals surface area contributed by atoms with Gasteiger partial charge in [-0.05, 0) is 18.4 Å². The summed E-state index contributed by atoms with van der Waals surface area (Å²) in [5, 5.41) is 39.3. The summed E-state index contributed by atoms with van der Waals surface area (Å²) < 4.78 is 7.25. The van der Waals surface area contributed by atoms with E-state index in [1.54, 1.807) is 4.57 Å². The third-order valence-corrected chi connectivity index (χ3v) is 5.90. The molecule has 0 amide bonds. The summed E-state index contributed by atoms with van der Waals surface area (Å²) in [6.45, 7) is 1.83. The first-order valence-corrected chi connectivity index (χ1v) is 11.4. The normalized spacial score (nSPS) is 27.3. The van der Waals surface area contributed by atoms with E-state index < -0.39 is 37.3 Å². The molecule has 0 aromatic carbocycles. The minimum atomic E-state index is -1.36. The van der Waals surface area contributed by atoms with Gasteiger partial charge in [-0.2, -0.15) is 4.57 Å². The number of nitrogens with zero attached hydrogens (tertiary/aromatic N) is 1. The van der Waals surface area contributed by atoms with E-state index in [1.807, 2.05) is 24.5 Å². The third-order valence-electron chi connectivity index (χ3n) is 5.90. The molecule has 0 bridgehead atoms. The summed E-state index contributed by atoms with van der Waals surface area (Å²) in [4.78, 5) is 0. The summed E-state index contributed by atoms with van der Waals surface area (Å²) in [5.74, 6) is 0. The van der Waals surface area contributed by atoms with E-state index in [1.165, 1.54) is 69.8 Å². The van der Waals surface area contributed by atoms with Crippen molar-refractivity contribution in [2.75, 3.05) is 6.61 Å². The highest BCUT2D eigenvalue weighted by Gasteiger charge is 2.47. The van der Waals surface area contributed by atoms with Gasteiger partial charge >= 0.3 is 0 Å². The Balaban J connectivity index is 1.68. The summed E-state index contributed by atoms with van der Waals surface area (Å²) in [6, 6.07) is 3.99. The zero-order chi connectivity index (χ0) is 21.1. The van der Waals surface area contributed by atoms with E-state index in [0.717, 1.165) is 6.42 Å². The van der Waals surface area contributed by atoms with Crippen LogP contribution in [0.1, 0.15) is 82.9 Å². The van der Waals surface area contributed by atoms with Crippen molar-refractivity contribution >= 4 is 0 Å². The molecule has 1 saturated heterocycles. The van der Waals surface area contributed by atoms with Crippen molar-refractivity contribution in [3.05, 3.63) is 30.1 Å². The molecule has 166 valence electrons. The van der Waals surface area contributed by atoms with E-state index in [-0.39, 0.29) is 0 Å². The van der Waals surface area contributed by atoms with E-state index in [4.69, 9.17) is 4.74 Å². The van der Waals surface area contributed by atoms with Crippen molar-refractivity contribution < 1.29 is 29.7 Å². The number of hydrogen-bond donors (Lipinski definition) is 4. The minimum Gasteiger partial charge on any atom is -0.394 e. The number of ether oxygens (including phenoxy) is 1. The van der Waals surface area contributed by atoms with Crippen LogP contribution in [0, 0.1) is 0 Å². The molecule has 5 atom stereocenters. The molecular formula is C23H40NO5+. The number of aromatic nitrogens is 1. The van der Waals surface area contributed by atoms with Gasteiger partial charge in [0.1, 0.15) is 18.3 Å². The lowest BCUT2D eigenvalue weighted by atomic mass is 9.98. The molecule has 0 unspecified atom stereocenters. The van der Waals surface area contributed by atoms with E-state index in [0.29, 0.717) is 0 Å². The highest BCUT2D eigenvalue weighted by molar-refractivity contribution is 5.07.